The molecule has 0 atom stereocenters. The van der Waals surface area contributed by atoms with Gasteiger partial charge in [-0.2, -0.15) is 0 Å². The van der Waals surface area contributed by atoms with Crippen LogP contribution in [0.5, 0.6) is 0 Å². The number of hydrogen-bond donors (Lipinski definition) is 0. The summed E-state index contributed by atoms with van der Waals surface area (Å²) in [5, 5.41) is 2.53. The molecule has 6 aromatic carbocycles. The van der Waals surface area contributed by atoms with Crippen molar-refractivity contribution >= 4 is 54.8 Å². The molecule has 7 aromatic rings. The molecule has 0 amide bonds. The second kappa shape index (κ2) is 9.94. The van der Waals surface area contributed by atoms with Crippen LogP contribution < -0.4 is 4.90 Å². The van der Waals surface area contributed by atoms with Crippen LogP contribution in [-0.2, 0) is 0 Å². The summed E-state index contributed by atoms with van der Waals surface area (Å²) < 4.78 is 3.42. The van der Waals surface area contributed by atoms with Crippen LogP contribution in [-0.4, -0.2) is 4.57 Å². The van der Waals surface area contributed by atoms with Gasteiger partial charge in [0, 0.05) is 38.0 Å². The highest BCUT2D eigenvalue weighted by Gasteiger charge is 2.15. The maximum absolute atomic E-state index is 3.57. The van der Waals surface area contributed by atoms with Crippen molar-refractivity contribution in [3.63, 3.8) is 0 Å². The van der Waals surface area contributed by atoms with Crippen LogP contribution in [0.15, 0.2) is 156 Å². The monoisotopic (exact) mass is 564 g/mol. The number of anilines is 3. The summed E-state index contributed by atoms with van der Waals surface area (Å²) in [6.07, 6.45) is 0. The van der Waals surface area contributed by atoms with Gasteiger partial charge in [-0.15, -0.1) is 0 Å². The van der Waals surface area contributed by atoms with Gasteiger partial charge >= 0.3 is 0 Å². The Morgan fingerprint density at radius 1 is 0.436 bits per heavy atom. The molecule has 1 heterocycles. The standard InChI is InChI=1S/C36H25BrN2/c37-28-18-22-32(23-19-28)38(29-9-3-1-4-10-29)31-20-15-26(16-21-31)27-17-24-36-34(25-27)33-13-7-8-14-35(33)39(36)30-11-5-2-6-12-30/h1-25H. The topological polar surface area (TPSA) is 8.17 Å². The first kappa shape index (κ1) is 23.5. The summed E-state index contributed by atoms with van der Waals surface area (Å²) in [6, 6.07) is 53.9. The van der Waals surface area contributed by atoms with Crippen LogP contribution in [0.4, 0.5) is 17.1 Å². The Morgan fingerprint density at radius 3 is 1.69 bits per heavy atom. The lowest BCUT2D eigenvalue weighted by molar-refractivity contribution is 1.18. The van der Waals surface area contributed by atoms with E-state index in [1.54, 1.807) is 0 Å². The van der Waals surface area contributed by atoms with Crippen LogP contribution in [0.1, 0.15) is 0 Å². The number of rotatable bonds is 5. The Labute approximate surface area is 236 Å². The molecular weight excluding hydrogens is 540 g/mol. The van der Waals surface area contributed by atoms with E-state index in [0.29, 0.717) is 0 Å². The number of halogens is 1. The first-order valence-electron chi connectivity index (χ1n) is 13.1. The Hall–Kier alpha value is -4.60. The molecule has 0 N–H and O–H groups in total. The van der Waals surface area contributed by atoms with Crippen molar-refractivity contribution in [2.24, 2.45) is 0 Å². The SMILES string of the molecule is Brc1ccc(N(c2ccccc2)c2ccc(-c3ccc4c(c3)c3ccccc3n4-c3ccccc3)cc2)cc1. The van der Waals surface area contributed by atoms with Crippen LogP contribution in [0.3, 0.4) is 0 Å². The van der Waals surface area contributed by atoms with Crippen LogP contribution in [0, 0.1) is 0 Å². The smallest absolute Gasteiger partial charge is 0.0541 e. The number of para-hydroxylation sites is 3. The highest BCUT2D eigenvalue weighted by Crippen LogP contribution is 2.38. The first-order chi connectivity index (χ1) is 19.3. The van der Waals surface area contributed by atoms with Gasteiger partial charge in [0.2, 0.25) is 0 Å². The largest absolute Gasteiger partial charge is 0.311 e. The zero-order chi connectivity index (χ0) is 26.2. The van der Waals surface area contributed by atoms with E-state index in [2.05, 4.69) is 177 Å². The molecule has 0 spiro atoms. The Bertz CT molecular complexity index is 1890. The van der Waals surface area contributed by atoms with Gasteiger partial charge in [0.25, 0.3) is 0 Å². The Morgan fingerprint density at radius 2 is 0.974 bits per heavy atom. The average molecular weight is 566 g/mol. The molecule has 0 aliphatic heterocycles. The predicted octanol–water partition coefficient (Wildman–Crippen LogP) is 10.7. The first-order valence-corrected chi connectivity index (χ1v) is 13.9. The van der Waals surface area contributed by atoms with Crippen molar-refractivity contribution in [3.05, 3.63) is 156 Å². The molecule has 186 valence electrons. The van der Waals surface area contributed by atoms with E-state index in [0.717, 1.165) is 21.5 Å². The van der Waals surface area contributed by atoms with Gasteiger partial charge in [-0.05, 0) is 90.0 Å². The zero-order valence-corrected chi connectivity index (χ0v) is 22.8. The Kier molecular flexibility index (Phi) is 5.99. The highest BCUT2D eigenvalue weighted by atomic mass is 79.9. The molecule has 7 rings (SSSR count). The normalized spacial score (nSPS) is 11.2. The van der Waals surface area contributed by atoms with Gasteiger partial charge in [0.05, 0.1) is 11.0 Å². The lowest BCUT2D eigenvalue weighted by atomic mass is 10.0. The van der Waals surface area contributed by atoms with Crippen LogP contribution in [0.25, 0.3) is 38.6 Å². The van der Waals surface area contributed by atoms with Crippen molar-refractivity contribution in [1.29, 1.82) is 0 Å². The van der Waals surface area contributed by atoms with Gasteiger partial charge < -0.3 is 9.47 Å². The minimum atomic E-state index is 1.07. The zero-order valence-electron chi connectivity index (χ0n) is 21.2. The lowest BCUT2D eigenvalue weighted by Crippen LogP contribution is -2.09. The third-order valence-electron chi connectivity index (χ3n) is 7.25. The lowest BCUT2D eigenvalue weighted by Gasteiger charge is -2.25. The maximum atomic E-state index is 3.57. The fourth-order valence-corrected chi connectivity index (χ4v) is 5.69. The average Bonchev–Trinajstić information content (AvgIpc) is 3.33. The van der Waals surface area contributed by atoms with Gasteiger partial charge in [0.1, 0.15) is 0 Å². The molecule has 1 aromatic heterocycles. The molecule has 0 fully saturated rings. The van der Waals surface area contributed by atoms with Gasteiger partial charge in [-0.25, -0.2) is 0 Å². The van der Waals surface area contributed by atoms with E-state index in [4.69, 9.17) is 0 Å². The number of aromatic nitrogens is 1. The summed E-state index contributed by atoms with van der Waals surface area (Å²) in [7, 11) is 0. The third-order valence-corrected chi connectivity index (χ3v) is 7.77. The minimum absolute atomic E-state index is 1.07. The second-order valence-electron chi connectivity index (χ2n) is 9.61. The summed E-state index contributed by atoms with van der Waals surface area (Å²) >= 11 is 3.57. The summed E-state index contributed by atoms with van der Waals surface area (Å²) in [5.74, 6) is 0. The van der Waals surface area contributed by atoms with Gasteiger partial charge in [0.15, 0.2) is 0 Å². The number of fused-ring (bicyclic) bond motifs is 3. The highest BCUT2D eigenvalue weighted by molar-refractivity contribution is 9.10. The van der Waals surface area contributed by atoms with Crippen LogP contribution in [0.2, 0.25) is 0 Å². The fraction of sp³-hybridized carbons (Fsp3) is 0. The second-order valence-corrected chi connectivity index (χ2v) is 10.5. The molecule has 0 radical (unpaired) electrons. The van der Waals surface area contributed by atoms with E-state index < -0.39 is 0 Å². The summed E-state index contributed by atoms with van der Waals surface area (Å²) in [6.45, 7) is 0. The predicted molar refractivity (Wildman–Crippen MR) is 169 cm³/mol. The number of hydrogen-bond acceptors (Lipinski definition) is 1. The van der Waals surface area contributed by atoms with Crippen molar-refractivity contribution < 1.29 is 0 Å². The van der Waals surface area contributed by atoms with E-state index in [1.807, 2.05) is 0 Å². The van der Waals surface area contributed by atoms with Gasteiger partial charge in [-0.3, -0.25) is 0 Å². The fourth-order valence-electron chi connectivity index (χ4n) is 5.43. The number of benzene rings is 6. The van der Waals surface area contributed by atoms with Crippen molar-refractivity contribution in [2.75, 3.05) is 4.90 Å². The third kappa shape index (κ3) is 4.31. The molecule has 0 bridgehead atoms. The quantitative estimate of drug-likeness (QED) is 0.202. The molecule has 3 heteroatoms. The molecule has 0 aliphatic rings. The van der Waals surface area contributed by atoms with E-state index in [9.17, 15) is 0 Å². The maximum Gasteiger partial charge on any atom is 0.0541 e. The van der Waals surface area contributed by atoms with Crippen molar-refractivity contribution in [2.45, 2.75) is 0 Å². The number of nitrogens with zero attached hydrogens (tertiary/aromatic N) is 2. The van der Waals surface area contributed by atoms with Crippen LogP contribution >= 0.6 is 15.9 Å². The summed E-state index contributed by atoms with van der Waals surface area (Å²) in [5.41, 5.74) is 9.38. The molecule has 0 saturated carbocycles. The van der Waals surface area contributed by atoms with E-state index >= 15 is 0 Å². The molecule has 39 heavy (non-hydrogen) atoms. The Balaban J connectivity index is 1.32. The molecular formula is C36H25BrN2. The molecule has 0 aliphatic carbocycles. The summed E-state index contributed by atoms with van der Waals surface area (Å²) in [4.78, 5) is 2.28. The van der Waals surface area contributed by atoms with E-state index in [-0.39, 0.29) is 0 Å². The van der Waals surface area contributed by atoms with E-state index in [1.165, 1.54) is 38.6 Å². The van der Waals surface area contributed by atoms with Gasteiger partial charge in [-0.1, -0.05) is 88.7 Å². The molecule has 0 unspecified atom stereocenters. The minimum Gasteiger partial charge on any atom is -0.311 e. The molecule has 2 nitrogen and oxygen atoms in total. The molecule has 0 saturated heterocycles. The van der Waals surface area contributed by atoms with Crippen molar-refractivity contribution in [3.8, 4) is 16.8 Å². The van der Waals surface area contributed by atoms with Crippen molar-refractivity contribution in [1.82, 2.24) is 4.57 Å².